The average Bonchev–Trinajstić information content (AvgIpc) is 3.28. The van der Waals surface area contributed by atoms with E-state index < -0.39 is 23.2 Å². The molecule has 0 spiro atoms. The predicted molar refractivity (Wildman–Crippen MR) is 97.8 cm³/mol. The molecule has 1 saturated heterocycles. The van der Waals surface area contributed by atoms with Crippen molar-refractivity contribution >= 4 is 17.7 Å². The van der Waals surface area contributed by atoms with Crippen LogP contribution in [0.3, 0.4) is 0 Å². The number of aromatic carboxylic acids is 1. The topological polar surface area (TPSA) is 91.8 Å². The normalized spacial score (nSPS) is 23.0. The number of rotatable bonds is 4. The molecule has 26 heavy (non-hydrogen) atoms. The standard InChI is InChI=1S/C19H27N3O4/c1-18(2,3)26-17(25)21-19(4)7-8-22(11-19)15-9-14(12-5-6-12)20-10-13(15)16(23)24/h9-10,12H,5-8,11H2,1-4H3,(H,21,25)(H,23,24). The number of carboxylic acid groups (broad SMARTS) is 1. The molecular formula is C19H27N3O4. The van der Waals surface area contributed by atoms with Crippen LogP contribution in [0, 0.1) is 0 Å². The first-order valence-corrected chi connectivity index (χ1v) is 9.06. The molecule has 2 fully saturated rings. The fraction of sp³-hybridized carbons (Fsp3) is 0.632. The fourth-order valence-corrected chi connectivity index (χ4v) is 3.31. The summed E-state index contributed by atoms with van der Waals surface area (Å²) in [6.45, 7) is 8.63. The molecule has 7 heteroatoms. The highest BCUT2D eigenvalue weighted by Crippen LogP contribution is 2.41. The van der Waals surface area contributed by atoms with Gasteiger partial charge in [0.15, 0.2) is 0 Å². The first-order chi connectivity index (χ1) is 12.1. The van der Waals surface area contributed by atoms with Crippen LogP contribution >= 0.6 is 0 Å². The van der Waals surface area contributed by atoms with Gasteiger partial charge in [-0.1, -0.05) is 0 Å². The number of nitrogens with one attached hydrogen (secondary N) is 1. The largest absolute Gasteiger partial charge is 0.478 e. The lowest BCUT2D eigenvalue weighted by molar-refractivity contribution is 0.0472. The second-order valence-corrected chi connectivity index (χ2v) is 8.56. The van der Waals surface area contributed by atoms with Crippen molar-refractivity contribution in [3.63, 3.8) is 0 Å². The van der Waals surface area contributed by atoms with Crippen molar-refractivity contribution < 1.29 is 19.4 Å². The van der Waals surface area contributed by atoms with Crippen molar-refractivity contribution in [2.75, 3.05) is 18.0 Å². The van der Waals surface area contributed by atoms with Crippen LogP contribution in [0.4, 0.5) is 10.5 Å². The number of hydrogen-bond donors (Lipinski definition) is 2. The summed E-state index contributed by atoms with van der Waals surface area (Å²) in [5.41, 5.74) is 0.819. The van der Waals surface area contributed by atoms with E-state index in [0.29, 0.717) is 31.1 Å². The van der Waals surface area contributed by atoms with Crippen LogP contribution in [0.15, 0.2) is 12.3 Å². The minimum Gasteiger partial charge on any atom is -0.478 e. The zero-order valence-corrected chi connectivity index (χ0v) is 15.8. The van der Waals surface area contributed by atoms with E-state index in [1.807, 2.05) is 38.7 Å². The molecule has 1 aliphatic carbocycles. The van der Waals surface area contributed by atoms with Gasteiger partial charge >= 0.3 is 12.1 Å². The summed E-state index contributed by atoms with van der Waals surface area (Å²) < 4.78 is 5.35. The van der Waals surface area contributed by atoms with Crippen LogP contribution in [0.25, 0.3) is 0 Å². The van der Waals surface area contributed by atoms with Gasteiger partial charge in [0.2, 0.25) is 0 Å². The van der Waals surface area contributed by atoms with Gasteiger partial charge < -0.3 is 20.1 Å². The van der Waals surface area contributed by atoms with Gasteiger partial charge in [-0.2, -0.15) is 0 Å². The Kier molecular flexibility index (Phi) is 4.58. The molecule has 0 radical (unpaired) electrons. The number of carbonyl (C=O) groups excluding carboxylic acids is 1. The number of ether oxygens (including phenoxy) is 1. The molecule has 2 aliphatic rings. The fourth-order valence-electron chi connectivity index (χ4n) is 3.31. The third-order valence-electron chi connectivity index (χ3n) is 4.75. The monoisotopic (exact) mass is 361 g/mol. The van der Waals surface area contributed by atoms with Crippen molar-refractivity contribution in [1.82, 2.24) is 10.3 Å². The highest BCUT2D eigenvalue weighted by atomic mass is 16.6. The second-order valence-electron chi connectivity index (χ2n) is 8.56. The zero-order valence-electron chi connectivity index (χ0n) is 15.8. The van der Waals surface area contributed by atoms with E-state index in [1.54, 1.807) is 0 Å². The summed E-state index contributed by atoms with van der Waals surface area (Å²) in [5.74, 6) is -0.533. The van der Waals surface area contributed by atoms with E-state index in [1.165, 1.54) is 6.20 Å². The smallest absolute Gasteiger partial charge is 0.408 e. The number of aromatic nitrogens is 1. The quantitative estimate of drug-likeness (QED) is 0.856. The van der Waals surface area contributed by atoms with Crippen molar-refractivity contribution in [2.45, 2.75) is 64.0 Å². The maximum absolute atomic E-state index is 12.1. The Balaban J connectivity index is 1.76. The first kappa shape index (κ1) is 18.5. The van der Waals surface area contributed by atoms with Crippen molar-refractivity contribution in [3.8, 4) is 0 Å². The molecule has 0 bridgehead atoms. The van der Waals surface area contributed by atoms with Crippen molar-refractivity contribution in [3.05, 3.63) is 23.5 Å². The number of anilines is 1. The van der Waals surface area contributed by atoms with Crippen LogP contribution in [0.5, 0.6) is 0 Å². The van der Waals surface area contributed by atoms with Gasteiger partial charge in [-0.05, 0) is 53.0 Å². The highest BCUT2D eigenvalue weighted by molar-refractivity contribution is 5.94. The molecule has 3 rings (SSSR count). The van der Waals surface area contributed by atoms with Crippen molar-refractivity contribution in [2.24, 2.45) is 0 Å². The third-order valence-corrected chi connectivity index (χ3v) is 4.75. The number of hydrogen-bond acceptors (Lipinski definition) is 5. The van der Waals surface area contributed by atoms with Crippen LogP contribution in [-0.4, -0.2) is 46.4 Å². The zero-order chi connectivity index (χ0) is 19.1. The maximum atomic E-state index is 12.1. The SMILES string of the molecule is CC1(NC(=O)OC(C)(C)C)CCN(c2cc(C3CC3)ncc2C(=O)O)C1. The Morgan fingerprint density at radius 3 is 2.65 bits per heavy atom. The van der Waals surface area contributed by atoms with E-state index in [0.717, 1.165) is 18.5 Å². The van der Waals surface area contributed by atoms with Gasteiger partial charge in [0, 0.05) is 30.9 Å². The number of pyridine rings is 1. The Labute approximate surface area is 153 Å². The van der Waals surface area contributed by atoms with E-state index >= 15 is 0 Å². The van der Waals surface area contributed by atoms with E-state index in [9.17, 15) is 14.7 Å². The lowest BCUT2D eigenvalue weighted by Gasteiger charge is -2.29. The summed E-state index contributed by atoms with van der Waals surface area (Å²) in [6, 6.07) is 1.90. The van der Waals surface area contributed by atoms with Gasteiger partial charge in [-0.15, -0.1) is 0 Å². The van der Waals surface area contributed by atoms with Crippen LogP contribution in [-0.2, 0) is 4.74 Å². The van der Waals surface area contributed by atoms with Gasteiger partial charge in [0.1, 0.15) is 11.2 Å². The summed E-state index contributed by atoms with van der Waals surface area (Å²) in [7, 11) is 0. The lowest BCUT2D eigenvalue weighted by atomic mass is 10.0. The van der Waals surface area contributed by atoms with E-state index in [4.69, 9.17) is 4.74 Å². The Hall–Kier alpha value is -2.31. The molecule has 1 aliphatic heterocycles. The number of alkyl carbamates (subject to hydrolysis) is 1. The van der Waals surface area contributed by atoms with E-state index in [2.05, 4.69) is 10.3 Å². The summed E-state index contributed by atoms with van der Waals surface area (Å²) >= 11 is 0. The molecule has 2 heterocycles. The highest BCUT2D eigenvalue weighted by Gasteiger charge is 2.38. The third kappa shape index (κ3) is 4.26. The Morgan fingerprint density at radius 2 is 2.08 bits per heavy atom. The molecule has 1 atom stereocenters. The van der Waals surface area contributed by atoms with Crippen LogP contribution in [0.1, 0.15) is 68.9 Å². The van der Waals surface area contributed by atoms with Gasteiger partial charge in [0.25, 0.3) is 0 Å². The molecule has 1 aromatic heterocycles. The van der Waals surface area contributed by atoms with Gasteiger partial charge in [-0.25, -0.2) is 9.59 Å². The Morgan fingerprint density at radius 1 is 1.38 bits per heavy atom. The number of amides is 1. The predicted octanol–water partition coefficient (Wildman–Crippen LogP) is 3.15. The minimum absolute atomic E-state index is 0.205. The van der Waals surface area contributed by atoms with Crippen molar-refractivity contribution in [1.29, 1.82) is 0 Å². The molecule has 1 saturated carbocycles. The first-order valence-electron chi connectivity index (χ1n) is 9.06. The van der Waals surface area contributed by atoms with Crippen LogP contribution < -0.4 is 10.2 Å². The number of carbonyl (C=O) groups is 2. The second kappa shape index (κ2) is 6.45. The molecule has 142 valence electrons. The summed E-state index contributed by atoms with van der Waals surface area (Å²) in [4.78, 5) is 30.1. The molecular weight excluding hydrogens is 334 g/mol. The molecule has 7 nitrogen and oxygen atoms in total. The summed E-state index contributed by atoms with van der Waals surface area (Å²) in [5, 5.41) is 12.5. The van der Waals surface area contributed by atoms with Gasteiger partial charge in [0.05, 0.1) is 11.2 Å². The average molecular weight is 361 g/mol. The molecule has 1 aromatic rings. The molecule has 1 unspecified atom stereocenters. The minimum atomic E-state index is -0.983. The van der Waals surface area contributed by atoms with E-state index in [-0.39, 0.29) is 5.56 Å². The number of carboxylic acids is 1. The number of nitrogens with zero attached hydrogens (tertiary/aromatic N) is 2. The van der Waals surface area contributed by atoms with Gasteiger partial charge in [-0.3, -0.25) is 4.98 Å². The molecule has 0 aromatic carbocycles. The maximum Gasteiger partial charge on any atom is 0.408 e. The molecule has 2 N–H and O–H groups in total. The lowest BCUT2D eigenvalue weighted by Crippen LogP contribution is -2.49. The molecule has 1 amide bonds. The summed E-state index contributed by atoms with van der Waals surface area (Å²) in [6.07, 6.45) is 3.94. The van der Waals surface area contributed by atoms with Crippen LogP contribution in [0.2, 0.25) is 0 Å². The Bertz CT molecular complexity index is 724.